The number of carbonyl (C=O) groups excluding carboxylic acids is 1. The molecular formula is C14H9N3O6. The van der Waals surface area contributed by atoms with E-state index in [0.717, 1.165) is 18.2 Å². The first-order chi connectivity index (χ1) is 10.9. The number of phenolic OH excluding ortho intramolecular Hbond substituents is 1. The van der Waals surface area contributed by atoms with Crippen molar-refractivity contribution < 1.29 is 19.2 Å². The van der Waals surface area contributed by atoms with Gasteiger partial charge in [-0.1, -0.05) is 6.07 Å². The Kier molecular flexibility index (Phi) is 3.30. The molecular weight excluding hydrogens is 306 g/mol. The average molecular weight is 315 g/mol. The quantitative estimate of drug-likeness (QED) is 0.499. The van der Waals surface area contributed by atoms with Gasteiger partial charge < -0.3 is 14.8 Å². The van der Waals surface area contributed by atoms with E-state index in [1.54, 1.807) is 12.1 Å². The number of hydrogen-bond donors (Lipinski definition) is 3. The van der Waals surface area contributed by atoms with Gasteiger partial charge in [-0.3, -0.25) is 19.9 Å². The number of nitro benzene ring substituents is 1. The average Bonchev–Trinajstić information content (AvgIpc) is 2.88. The Balaban J connectivity index is 1.98. The van der Waals surface area contributed by atoms with Crippen LogP contribution in [-0.2, 0) is 0 Å². The molecule has 0 saturated carbocycles. The molecule has 1 aromatic heterocycles. The number of benzene rings is 2. The first kappa shape index (κ1) is 14.3. The molecule has 0 unspecified atom stereocenters. The SMILES string of the molecule is O=C(Nc1cccc2[nH]c(=O)oc12)c1cc(O)cc([N+](=O)[O-])c1. The predicted octanol–water partition coefficient (Wildman–Crippen LogP) is 1.99. The Morgan fingerprint density at radius 3 is 2.83 bits per heavy atom. The van der Waals surface area contributed by atoms with E-state index in [1.807, 2.05) is 0 Å². The van der Waals surface area contributed by atoms with E-state index in [1.165, 1.54) is 6.07 Å². The van der Waals surface area contributed by atoms with E-state index in [-0.39, 0.29) is 16.8 Å². The van der Waals surface area contributed by atoms with Crippen molar-refractivity contribution in [2.75, 3.05) is 5.32 Å². The van der Waals surface area contributed by atoms with Gasteiger partial charge in [-0.15, -0.1) is 0 Å². The molecule has 1 heterocycles. The van der Waals surface area contributed by atoms with Crippen LogP contribution in [0.25, 0.3) is 11.1 Å². The normalized spacial score (nSPS) is 10.6. The van der Waals surface area contributed by atoms with E-state index >= 15 is 0 Å². The summed E-state index contributed by atoms with van der Waals surface area (Å²) in [5.41, 5.74) is 0.250. The smallest absolute Gasteiger partial charge is 0.417 e. The number of nitrogens with zero attached hydrogens (tertiary/aromatic N) is 1. The zero-order chi connectivity index (χ0) is 16.6. The number of anilines is 1. The van der Waals surface area contributed by atoms with Crippen LogP contribution in [0.5, 0.6) is 5.75 Å². The molecule has 0 aliphatic carbocycles. The predicted molar refractivity (Wildman–Crippen MR) is 79.5 cm³/mol. The van der Waals surface area contributed by atoms with Crippen LogP contribution in [0.3, 0.4) is 0 Å². The molecule has 0 fully saturated rings. The largest absolute Gasteiger partial charge is 0.508 e. The number of H-pyrrole nitrogens is 1. The van der Waals surface area contributed by atoms with E-state index in [9.17, 15) is 24.8 Å². The fourth-order valence-electron chi connectivity index (χ4n) is 2.10. The van der Waals surface area contributed by atoms with Crippen LogP contribution in [0.15, 0.2) is 45.6 Å². The molecule has 0 saturated heterocycles. The second kappa shape index (κ2) is 5.30. The zero-order valence-corrected chi connectivity index (χ0v) is 11.4. The first-order valence-corrected chi connectivity index (χ1v) is 6.35. The molecule has 1 amide bonds. The Morgan fingerprint density at radius 1 is 1.30 bits per heavy atom. The number of aromatic nitrogens is 1. The number of para-hydroxylation sites is 1. The molecule has 23 heavy (non-hydrogen) atoms. The first-order valence-electron chi connectivity index (χ1n) is 6.35. The molecule has 0 bridgehead atoms. The summed E-state index contributed by atoms with van der Waals surface area (Å²) >= 11 is 0. The maximum absolute atomic E-state index is 12.2. The van der Waals surface area contributed by atoms with E-state index < -0.39 is 28.0 Å². The molecule has 0 atom stereocenters. The number of aromatic amines is 1. The van der Waals surface area contributed by atoms with Crippen LogP contribution >= 0.6 is 0 Å². The van der Waals surface area contributed by atoms with Gasteiger partial charge in [0, 0.05) is 6.07 Å². The molecule has 0 radical (unpaired) electrons. The molecule has 116 valence electrons. The van der Waals surface area contributed by atoms with E-state index in [2.05, 4.69) is 10.3 Å². The summed E-state index contributed by atoms with van der Waals surface area (Å²) < 4.78 is 4.94. The molecule has 3 rings (SSSR count). The van der Waals surface area contributed by atoms with Gasteiger partial charge in [0.05, 0.1) is 27.8 Å². The lowest BCUT2D eigenvalue weighted by atomic mass is 10.1. The summed E-state index contributed by atoms with van der Waals surface area (Å²) in [6, 6.07) is 7.75. The van der Waals surface area contributed by atoms with Crippen LogP contribution in [0.1, 0.15) is 10.4 Å². The highest BCUT2D eigenvalue weighted by Gasteiger charge is 2.16. The Labute approximate surface area is 127 Å². The summed E-state index contributed by atoms with van der Waals surface area (Å²) in [6.45, 7) is 0. The van der Waals surface area contributed by atoms with Crippen molar-refractivity contribution in [3.63, 3.8) is 0 Å². The molecule has 0 spiro atoms. The lowest BCUT2D eigenvalue weighted by Crippen LogP contribution is -2.12. The number of aromatic hydroxyl groups is 1. The molecule has 9 heteroatoms. The molecule has 9 nitrogen and oxygen atoms in total. The van der Waals surface area contributed by atoms with Crippen LogP contribution < -0.4 is 11.1 Å². The van der Waals surface area contributed by atoms with Gasteiger partial charge in [-0.25, -0.2) is 4.79 Å². The van der Waals surface area contributed by atoms with Gasteiger partial charge in [0.2, 0.25) is 0 Å². The summed E-state index contributed by atoms with van der Waals surface area (Å²) in [6.07, 6.45) is 0. The van der Waals surface area contributed by atoms with Crippen LogP contribution in [0.4, 0.5) is 11.4 Å². The van der Waals surface area contributed by atoms with Gasteiger partial charge in [-0.2, -0.15) is 0 Å². The number of rotatable bonds is 3. The lowest BCUT2D eigenvalue weighted by Gasteiger charge is -2.06. The number of hydrogen-bond acceptors (Lipinski definition) is 6. The standard InChI is InChI=1S/C14H9N3O6/c18-9-5-7(4-8(6-9)17(21)22)13(19)15-10-2-1-3-11-12(10)23-14(20)16-11/h1-6,18H,(H,15,19)(H,16,20). The summed E-state index contributed by atoms with van der Waals surface area (Å²) in [4.78, 5) is 35.9. The summed E-state index contributed by atoms with van der Waals surface area (Å²) in [5, 5.41) is 22.7. The van der Waals surface area contributed by atoms with Crippen LogP contribution in [0, 0.1) is 10.1 Å². The maximum Gasteiger partial charge on any atom is 0.417 e. The van der Waals surface area contributed by atoms with Crippen molar-refractivity contribution in [2.45, 2.75) is 0 Å². The van der Waals surface area contributed by atoms with Gasteiger partial charge >= 0.3 is 5.76 Å². The highest BCUT2D eigenvalue weighted by Crippen LogP contribution is 2.24. The molecule has 2 aromatic carbocycles. The topological polar surface area (TPSA) is 138 Å². The van der Waals surface area contributed by atoms with Crippen molar-refractivity contribution in [1.29, 1.82) is 0 Å². The molecule has 0 aliphatic heterocycles. The highest BCUT2D eigenvalue weighted by atomic mass is 16.6. The Morgan fingerprint density at radius 2 is 2.09 bits per heavy atom. The van der Waals surface area contributed by atoms with E-state index in [0.29, 0.717) is 5.52 Å². The Bertz CT molecular complexity index is 988. The van der Waals surface area contributed by atoms with Crippen molar-refractivity contribution >= 4 is 28.4 Å². The molecule has 3 N–H and O–H groups in total. The number of nitrogens with one attached hydrogen (secondary N) is 2. The minimum atomic E-state index is -0.720. The molecule has 0 aliphatic rings. The second-order valence-electron chi connectivity index (χ2n) is 4.65. The summed E-state index contributed by atoms with van der Waals surface area (Å²) in [5.74, 6) is -1.77. The summed E-state index contributed by atoms with van der Waals surface area (Å²) in [7, 11) is 0. The van der Waals surface area contributed by atoms with Crippen LogP contribution in [0.2, 0.25) is 0 Å². The van der Waals surface area contributed by atoms with Gasteiger partial charge in [0.1, 0.15) is 5.75 Å². The molecule has 3 aromatic rings. The van der Waals surface area contributed by atoms with E-state index in [4.69, 9.17) is 4.42 Å². The number of non-ortho nitro benzene ring substituents is 1. The fourth-order valence-corrected chi connectivity index (χ4v) is 2.10. The number of carbonyl (C=O) groups is 1. The lowest BCUT2D eigenvalue weighted by molar-refractivity contribution is -0.385. The van der Waals surface area contributed by atoms with Gasteiger partial charge in [0.25, 0.3) is 11.6 Å². The minimum absolute atomic E-state index is 0.105. The third-order valence-corrected chi connectivity index (χ3v) is 3.07. The Hall–Kier alpha value is -3.62. The van der Waals surface area contributed by atoms with Gasteiger partial charge in [-0.05, 0) is 18.2 Å². The third-order valence-electron chi connectivity index (χ3n) is 3.07. The number of oxazole rings is 1. The second-order valence-corrected chi connectivity index (χ2v) is 4.65. The number of fused-ring (bicyclic) bond motifs is 1. The monoisotopic (exact) mass is 315 g/mol. The maximum atomic E-state index is 12.2. The van der Waals surface area contributed by atoms with Crippen molar-refractivity contribution in [3.8, 4) is 5.75 Å². The number of phenols is 1. The van der Waals surface area contributed by atoms with Crippen molar-refractivity contribution in [3.05, 3.63) is 62.6 Å². The zero-order valence-electron chi connectivity index (χ0n) is 11.4. The van der Waals surface area contributed by atoms with Crippen molar-refractivity contribution in [1.82, 2.24) is 4.98 Å². The number of nitro groups is 1. The van der Waals surface area contributed by atoms with Gasteiger partial charge in [0.15, 0.2) is 5.58 Å². The number of amides is 1. The van der Waals surface area contributed by atoms with Crippen LogP contribution in [-0.4, -0.2) is 20.9 Å². The third kappa shape index (κ3) is 2.75. The fraction of sp³-hybridized carbons (Fsp3) is 0. The van der Waals surface area contributed by atoms with Crippen molar-refractivity contribution in [2.24, 2.45) is 0 Å². The highest BCUT2D eigenvalue weighted by molar-refractivity contribution is 6.08. The minimum Gasteiger partial charge on any atom is -0.508 e.